The fraction of sp³-hybridized carbons (Fsp3) is 0.364. The number of hydrogen-bond donors (Lipinski definition) is 1. The van der Waals surface area contributed by atoms with Gasteiger partial charge < -0.3 is 19.3 Å². The van der Waals surface area contributed by atoms with Crippen molar-refractivity contribution in [2.24, 2.45) is 0 Å². The van der Waals surface area contributed by atoms with Crippen LogP contribution in [-0.2, 0) is 30.7 Å². The zero-order valence-corrected chi connectivity index (χ0v) is 16.2. The number of aliphatic hydroxyl groups is 1. The maximum atomic E-state index is 9.56. The van der Waals surface area contributed by atoms with Crippen LogP contribution in [0.3, 0.4) is 0 Å². The third kappa shape index (κ3) is 3.79. The maximum Gasteiger partial charge on any atom is 0.246 e. The molecule has 4 rings (SSSR count). The lowest BCUT2D eigenvalue weighted by molar-refractivity contribution is 0.109. The summed E-state index contributed by atoms with van der Waals surface area (Å²) in [4.78, 5) is 6.82. The monoisotopic (exact) mass is 379 g/mol. The van der Waals surface area contributed by atoms with E-state index in [9.17, 15) is 5.11 Å². The van der Waals surface area contributed by atoms with Gasteiger partial charge in [0.2, 0.25) is 5.89 Å². The second kappa shape index (κ2) is 8.12. The second-order valence-corrected chi connectivity index (χ2v) is 7.21. The van der Waals surface area contributed by atoms with E-state index in [0.717, 1.165) is 24.1 Å². The van der Waals surface area contributed by atoms with E-state index in [1.807, 2.05) is 25.1 Å². The van der Waals surface area contributed by atoms with Gasteiger partial charge in [-0.15, -0.1) is 0 Å². The molecule has 3 aromatic rings. The van der Waals surface area contributed by atoms with E-state index in [4.69, 9.17) is 9.26 Å². The second-order valence-electron chi connectivity index (χ2n) is 7.21. The van der Waals surface area contributed by atoms with E-state index in [2.05, 4.69) is 45.4 Å². The van der Waals surface area contributed by atoms with Crippen molar-refractivity contribution in [2.45, 2.75) is 45.1 Å². The highest BCUT2D eigenvalue weighted by Crippen LogP contribution is 2.30. The molecular formula is C22H25N3O3. The average Bonchev–Trinajstić information content (AvgIpc) is 3.38. The summed E-state index contributed by atoms with van der Waals surface area (Å²) in [5.74, 6) is 1.11. The van der Waals surface area contributed by atoms with E-state index < -0.39 is 0 Å². The summed E-state index contributed by atoms with van der Waals surface area (Å²) < 4.78 is 10.8. The number of rotatable bonds is 7. The van der Waals surface area contributed by atoms with Crippen molar-refractivity contribution < 1.29 is 14.4 Å². The van der Waals surface area contributed by atoms with Crippen molar-refractivity contribution in [3.8, 4) is 0 Å². The molecule has 0 bridgehead atoms. The van der Waals surface area contributed by atoms with Gasteiger partial charge in [-0.05, 0) is 48.6 Å². The third-order valence-electron chi connectivity index (χ3n) is 5.40. The zero-order chi connectivity index (χ0) is 19.5. The molecule has 6 heteroatoms. The molecule has 28 heavy (non-hydrogen) atoms. The van der Waals surface area contributed by atoms with Crippen LogP contribution < -0.4 is 4.90 Å². The molecule has 146 valence electrons. The van der Waals surface area contributed by atoms with Crippen molar-refractivity contribution in [3.05, 3.63) is 76.9 Å². The first-order valence-corrected chi connectivity index (χ1v) is 9.56. The third-order valence-corrected chi connectivity index (χ3v) is 5.40. The summed E-state index contributed by atoms with van der Waals surface area (Å²) in [6.45, 7) is 2.42. The molecule has 1 atom stereocenters. The highest BCUT2D eigenvalue weighted by atomic mass is 16.5. The Balaban J connectivity index is 1.63. The van der Waals surface area contributed by atoms with Gasteiger partial charge in [-0.3, -0.25) is 0 Å². The number of aromatic nitrogens is 2. The summed E-state index contributed by atoms with van der Waals surface area (Å²) in [6.07, 6.45) is 1.73. The van der Waals surface area contributed by atoms with Crippen LogP contribution in [0, 0.1) is 0 Å². The Labute approximate surface area is 164 Å². The van der Waals surface area contributed by atoms with Gasteiger partial charge in [0.15, 0.2) is 5.82 Å². The highest BCUT2D eigenvalue weighted by Gasteiger charge is 2.28. The minimum absolute atomic E-state index is 0.0165. The molecule has 0 fully saturated rings. The van der Waals surface area contributed by atoms with Crippen molar-refractivity contribution >= 4 is 5.69 Å². The van der Waals surface area contributed by atoms with Crippen LogP contribution in [0.5, 0.6) is 0 Å². The number of methoxy groups -OCH3 is 1. The summed E-state index contributed by atoms with van der Waals surface area (Å²) in [5.41, 5.74) is 4.70. The molecule has 1 heterocycles. The van der Waals surface area contributed by atoms with E-state index >= 15 is 0 Å². The van der Waals surface area contributed by atoms with Gasteiger partial charge in [-0.2, -0.15) is 4.98 Å². The minimum atomic E-state index is -0.209. The van der Waals surface area contributed by atoms with Crippen LogP contribution in [0.1, 0.15) is 41.4 Å². The SMILES string of the molecule is COC(C)c1noc(CN(c2cccc(CO)c2)C2Cc3ccccc3C2)n1. The average molecular weight is 379 g/mol. The van der Waals surface area contributed by atoms with Gasteiger partial charge in [-0.25, -0.2) is 0 Å². The largest absolute Gasteiger partial charge is 0.392 e. The number of aliphatic hydroxyl groups excluding tert-OH is 1. The smallest absolute Gasteiger partial charge is 0.246 e. The van der Waals surface area contributed by atoms with E-state index in [0.29, 0.717) is 24.3 Å². The molecule has 0 aliphatic heterocycles. The molecule has 6 nitrogen and oxygen atoms in total. The molecule has 0 amide bonds. The summed E-state index contributed by atoms with van der Waals surface area (Å²) in [6, 6.07) is 16.9. The predicted molar refractivity (Wildman–Crippen MR) is 106 cm³/mol. The number of anilines is 1. The number of nitrogens with zero attached hydrogens (tertiary/aromatic N) is 3. The van der Waals surface area contributed by atoms with Crippen molar-refractivity contribution in [1.82, 2.24) is 10.1 Å². The predicted octanol–water partition coefficient (Wildman–Crippen LogP) is 3.44. The normalized spacial score (nSPS) is 14.8. The van der Waals surface area contributed by atoms with Crippen LogP contribution in [0.2, 0.25) is 0 Å². The molecule has 0 saturated heterocycles. The minimum Gasteiger partial charge on any atom is -0.392 e. The Kier molecular flexibility index (Phi) is 5.41. The van der Waals surface area contributed by atoms with Crippen LogP contribution in [0.15, 0.2) is 53.1 Å². The first-order valence-electron chi connectivity index (χ1n) is 9.56. The number of benzene rings is 2. The summed E-state index contributed by atoms with van der Waals surface area (Å²) >= 11 is 0. The van der Waals surface area contributed by atoms with Gasteiger partial charge in [0.05, 0.1) is 13.2 Å². The Hall–Kier alpha value is -2.70. The fourth-order valence-corrected chi connectivity index (χ4v) is 3.77. The highest BCUT2D eigenvalue weighted by molar-refractivity contribution is 5.51. The Morgan fingerprint density at radius 1 is 1.18 bits per heavy atom. The standard InChI is InChI=1S/C22H25N3O3/c1-15(27-2)22-23-21(28-24-22)13-25(19-9-5-6-16(10-19)14-26)20-11-17-7-3-4-8-18(17)12-20/h3-10,15,20,26H,11-14H2,1-2H3. The number of ether oxygens (including phenoxy) is 1. The molecule has 1 aromatic heterocycles. The van der Waals surface area contributed by atoms with Crippen LogP contribution in [0.25, 0.3) is 0 Å². The lowest BCUT2D eigenvalue weighted by Gasteiger charge is -2.30. The van der Waals surface area contributed by atoms with Crippen molar-refractivity contribution in [3.63, 3.8) is 0 Å². The quantitative estimate of drug-likeness (QED) is 0.678. The summed E-state index contributed by atoms with van der Waals surface area (Å²) in [7, 11) is 1.63. The number of fused-ring (bicyclic) bond motifs is 1. The lowest BCUT2D eigenvalue weighted by atomic mass is 10.1. The van der Waals surface area contributed by atoms with E-state index in [-0.39, 0.29) is 12.7 Å². The molecule has 1 N–H and O–H groups in total. The molecule has 0 saturated carbocycles. The van der Waals surface area contributed by atoms with Gasteiger partial charge in [0.25, 0.3) is 0 Å². The Morgan fingerprint density at radius 2 is 1.93 bits per heavy atom. The van der Waals surface area contributed by atoms with Crippen molar-refractivity contribution in [2.75, 3.05) is 12.0 Å². The Bertz CT molecular complexity index is 915. The van der Waals surface area contributed by atoms with Crippen LogP contribution in [-0.4, -0.2) is 28.4 Å². The molecule has 1 aliphatic carbocycles. The van der Waals surface area contributed by atoms with E-state index in [1.54, 1.807) is 7.11 Å². The van der Waals surface area contributed by atoms with Gasteiger partial charge in [0.1, 0.15) is 6.10 Å². The van der Waals surface area contributed by atoms with Crippen LogP contribution in [0.4, 0.5) is 5.69 Å². The molecule has 2 aromatic carbocycles. The van der Waals surface area contributed by atoms with Crippen LogP contribution >= 0.6 is 0 Å². The molecule has 1 unspecified atom stereocenters. The molecule has 1 aliphatic rings. The van der Waals surface area contributed by atoms with Gasteiger partial charge in [0, 0.05) is 18.8 Å². The first kappa shape index (κ1) is 18.7. The number of hydrogen-bond acceptors (Lipinski definition) is 6. The Morgan fingerprint density at radius 3 is 2.61 bits per heavy atom. The fourth-order valence-electron chi connectivity index (χ4n) is 3.77. The van der Waals surface area contributed by atoms with Gasteiger partial charge >= 0.3 is 0 Å². The molecule has 0 spiro atoms. The summed E-state index contributed by atoms with van der Waals surface area (Å²) in [5, 5.41) is 13.6. The molecular weight excluding hydrogens is 354 g/mol. The lowest BCUT2D eigenvalue weighted by Crippen LogP contribution is -2.35. The van der Waals surface area contributed by atoms with E-state index in [1.165, 1.54) is 11.1 Å². The molecule has 0 radical (unpaired) electrons. The maximum absolute atomic E-state index is 9.56. The van der Waals surface area contributed by atoms with Crippen molar-refractivity contribution in [1.29, 1.82) is 0 Å². The first-order chi connectivity index (χ1) is 13.7. The zero-order valence-electron chi connectivity index (χ0n) is 16.2. The van der Waals surface area contributed by atoms with Gasteiger partial charge in [-0.1, -0.05) is 41.6 Å². The topological polar surface area (TPSA) is 71.6 Å².